The Morgan fingerprint density at radius 2 is 0.855 bits per heavy atom. The van der Waals surface area contributed by atoms with Gasteiger partial charge in [0, 0.05) is 42.1 Å². The number of carbonyl (C=O) groups excluding carboxylic acids is 3. The van der Waals surface area contributed by atoms with Crippen molar-refractivity contribution in [1.29, 1.82) is 0 Å². The summed E-state index contributed by atoms with van der Waals surface area (Å²) in [7, 11) is 0. The van der Waals surface area contributed by atoms with Crippen LogP contribution in [0.25, 0.3) is 0 Å². The first-order chi connectivity index (χ1) is 25.3. The van der Waals surface area contributed by atoms with Crippen LogP contribution >= 0.6 is 63.7 Å². The minimum Gasteiger partial charge on any atom is -0.475 e. The van der Waals surface area contributed by atoms with Gasteiger partial charge < -0.3 is 21.7 Å². The van der Waals surface area contributed by atoms with Gasteiger partial charge in [-0.1, -0.05) is 63.7 Å². The van der Waals surface area contributed by atoms with Gasteiger partial charge in [0.1, 0.15) is 5.41 Å². The molecule has 6 N–H and O–H groups in total. The molecule has 21 heteroatoms. The number of rotatable bonds is 6. The maximum atomic E-state index is 14.8. The molecule has 1 heterocycles. The van der Waals surface area contributed by atoms with Crippen molar-refractivity contribution < 1.29 is 60.5 Å². The summed E-state index contributed by atoms with van der Waals surface area (Å²) in [5.74, 6) is -6.34. The summed E-state index contributed by atoms with van der Waals surface area (Å²) in [5.41, 5.74) is 12.6. The summed E-state index contributed by atoms with van der Waals surface area (Å²) in [4.78, 5) is 64.6. The zero-order chi connectivity index (χ0) is 41.6. The van der Waals surface area contributed by atoms with Crippen molar-refractivity contribution in [2.45, 2.75) is 101 Å². The van der Waals surface area contributed by atoms with Crippen molar-refractivity contribution in [3.8, 4) is 0 Å². The quantitative estimate of drug-likeness (QED) is 0.164. The third-order valence-electron chi connectivity index (χ3n) is 9.22. The van der Waals surface area contributed by atoms with Crippen molar-refractivity contribution in [3.63, 3.8) is 0 Å². The van der Waals surface area contributed by atoms with E-state index < -0.39 is 47.6 Å². The predicted octanol–water partition coefficient (Wildman–Crippen LogP) is 8.11. The molecule has 2 aromatic rings. The minimum atomic E-state index is -5.08. The fourth-order valence-electron chi connectivity index (χ4n) is 6.69. The lowest BCUT2D eigenvalue weighted by molar-refractivity contribution is -0.193. The average molecular weight is 1050 g/mol. The second-order valence-corrected chi connectivity index (χ2v) is 17.0. The smallest absolute Gasteiger partial charge is 0.475 e. The van der Waals surface area contributed by atoms with Crippen molar-refractivity contribution in [3.05, 3.63) is 65.4 Å². The molecule has 5 rings (SSSR count). The molecule has 0 aromatic heterocycles. The van der Waals surface area contributed by atoms with Crippen LogP contribution < -0.4 is 11.5 Å². The Morgan fingerprint density at radius 1 is 0.600 bits per heavy atom. The number of imide groups is 2. The lowest BCUT2D eigenvalue weighted by Crippen LogP contribution is -2.70. The second kappa shape index (κ2) is 19.2. The van der Waals surface area contributed by atoms with E-state index in [1.54, 1.807) is 0 Å². The van der Waals surface area contributed by atoms with Gasteiger partial charge in [-0.2, -0.15) is 26.3 Å². The van der Waals surface area contributed by atoms with Crippen LogP contribution in [0.3, 0.4) is 0 Å². The highest BCUT2D eigenvalue weighted by atomic mass is 79.9. The Kier molecular flexibility index (Phi) is 16.4. The number of nitrogens with two attached hydrogens (primary N) is 2. The number of benzene rings is 2. The maximum Gasteiger partial charge on any atom is 0.490 e. The predicted molar refractivity (Wildman–Crippen MR) is 200 cm³/mol. The van der Waals surface area contributed by atoms with Crippen molar-refractivity contribution in [2.75, 3.05) is 0 Å². The van der Waals surface area contributed by atoms with E-state index in [0.717, 1.165) is 54.7 Å². The topological polar surface area (TPSA) is 184 Å². The summed E-state index contributed by atoms with van der Waals surface area (Å²) >= 11 is 14.3. The van der Waals surface area contributed by atoms with Gasteiger partial charge in [-0.05, 0) is 112 Å². The monoisotopic (exact) mass is 1040 g/mol. The minimum absolute atomic E-state index is 0.0570. The molecule has 1 saturated heterocycles. The molecule has 0 atom stereocenters. The molecule has 2 saturated carbocycles. The number of barbiturate groups is 1. The molecule has 2 aliphatic carbocycles. The number of carboxylic acid groups (broad SMARTS) is 2. The largest absolute Gasteiger partial charge is 0.490 e. The second-order valence-electron chi connectivity index (χ2n) is 13.4. The van der Waals surface area contributed by atoms with Crippen molar-refractivity contribution in [1.82, 2.24) is 9.80 Å². The molecule has 4 amide bonds. The van der Waals surface area contributed by atoms with E-state index in [9.17, 15) is 40.7 Å². The number of aliphatic carboxylic acids is 2. The Balaban J connectivity index is 0.000000494. The number of hydrogen-bond acceptors (Lipinski definition) is 7. The van der Waals surface area contributed by atoms with Crippen LogP contribution in [0.1, 0.15) is 62.5 Å². The molecule has 0 spiro atoms. The Morgan fingerprint density at radius 3 is 1.09 bits per heavy atom. The first kappa shape index (κ1) is 46.8. The van der Waals surface area contributed by atoms with E-state index >= 15 is 0 Å². The Bertz CT molecular complexity index is 1590. The first-order valence-corrected chi connectivity index (χ1v) is 19.8. The van der Waals surface area contributed by atoms with Gasteiger partial charge in [0.25, 0.3) is 0 Å². The molecule has 2 aromatic carbocycles. The van der Waals surface area contributed by atoms with Gasteiger partial charge in [0.2, 0.25) is 11.8 Å². The summed E-state index contributed by atoms with van der Waals surface area (Å²) < 4.78 is 66.8. The summed E-state index contributed by atoms with van der Waals surface area (Å²) in [6.07, 6.45) is -4.37. The highest BCUT2D eigenvalue weighted by Crippen LogP contribution is 2.43. The number of carboxylic acids is 2. The number of hydrogen-bond donors (Lipinski definition) is 4. The van der Waals surface area contributed by atoms with E-state index in [1.165, 1.54) is 9.80 Å². The van der Waals surface area contributed by atoms with E-state index in [4.69, 9.17) is 31.3 Å². The molecular formula is C34H36Br4F6N4O7. The molecule has 1 aliphatic heterocycles. The van der Waals surface area contributed by atoms with E-state index in [0.29, 0.717) is 25.7 Å². The third kappa shape index (κ3) is 12.7. The SMILES string of the molecule is NC1CCC(N2C(=O)N(C3CCC(N)CC3)C(=O)C(Cc3cc(Br)cc(Br)c3)(Cc3cc(Br)cc(Br)c3)C2=O)CC1.O=C(O)C(F)(F)F.O=C(O)C(F)(F)F. The molecule has 0 unspecified atom stereocenters. The van der Waals surface area contributed by atoms with Crippen LogP contribution in [0.2, 0.25) is 0 Å². The highest BCUT2D eigenvalue weighted by Gasteiger charge is 2.60. The number of amides is 4. The van der Waals surface area contributed by atoms with Gasteiger partial charge >= 0.3 is 30.3 Å². The van der Waals surface area contributed by atoms with Gasteiger partial charge in [0.05, 0.1) is 0 Å². The summed E-state index contributed by atoms with van der Waals surface area (Å²) in [6, 6.07) is 10.6. The zero-order valence-corrected chi connectivity index (χ0v) is 35.0. The highest BCUT2D eigenvalue weighted by molar-refractivity contribution is 9.11. The molecule has 3 fully saturated rings. The fraction of sp³-hybridized carbons (Fsp3) is 0.500. The number of halogens is 10. The number of urea groups is 1. The number of carbonyl (C=O) groups is 5. The molecular weight excluding hydrogens is 1010 g/mol. The van der Waals surface area contributed by atoms with E-state index in [2.05, 4.69) is 63.7 Å². The van der Waals surface area contributed by atoms with Crippen molar-refractivity contribution in [2.24, 2.45) is 16.9 Å². The zero-order valence-electron chi connectivity index (χ0n) is 28.6. The third-order valence-corrected chi connectivity index (χ3v) is 11.1. The lowest BCUT2D eigenvalue weighted by atomic mass is 9.71. The van der Waals surface area contributed by atoms with Crippen LogP contribution in [0.4, 0.5) is 31.1 Å². The summed E-state index contributed by atoms with van der Waals surface area (Å²) in [5, 5.41) is 14.2. The molecule has 55 heavy (non-hydrogen) atoms. The molecule has 0 bridgehead atoms. The van der Waals surface area contributed by atoms with Crippen LogP contribution in [0.15, 0.2) is 54.3 Å². The van der Waals surface area contributed by atoms with Crippen LogP contribution in [0, 0.1) is 5.41 Å². The normalized spacial score (nSPS) is 22.9. The number of alkyl halides is 6. The van der Waals surface area contributed by atoms with Crippen LogP contribution in [-0.2, 0) is 32.0 Å². The molecule has 3 aliphatic rings. The Labute approximate surface area is 345 Å². The van der Waals surface area contributed by atoms with Gasteiger partial charge in [0.15, 0.2) is 0 Å². The lowest BCUT2D eigenvalue weighted by Gasteiger charge is -2.50. The molecule has 0 radical (unpaired) electrons. The average Bonchev–Trinajstić information content (AvgIpc) is 3.04. The van der Waals surface area contributed by atoms with Gasteiger partial charge in [-0.3, -0.25) is 19.4 Å². The van der Waals surface area contributed by atoms with E-state index in [-0.39, 0.29) is 37.0 Å². The molecule has 304 valence electrons. The van der Waals surface area contributed by atoms with Crippen LogP contribution in [-0.4, -0.2) is 86.3 Å². The first-order valence-electron chi connectivity index (χ1n) is 16.6. The van der Waals surface area contributed by atoms with Gasteiger partial charge in [-0.25, -0.2) is 14.4 Å². The Hall–Kier alpha value is -2.59. The fourth-order valence-corrected chi connectivity index (χ4v) is 9.47. The van der Waals surface area contributed by atoms with Gasteiger partial charge in [-0.15, -0.1) is 0 Å². The summed E-state index contributed by atoms with van der Waals surface area (Å²) in [6.45, 7) is 0. The van der Waals surface area contributed by atoms with E-state index in [1.807, 2.05) is 36.4 Å². The maximum absolute atomic E-state index is 14.8. The van der Waals surface area contributed by atoms with Crippen molar-refractivity contribution >= 4 is 93.5 Å². The van der Waals surface area contributed by atoms with Crippen LogP contribution in [0.5, 0.6) is 0 Å². The molecule has 11 nitrogen and oxygen atoms in total. The number of nitrogens with zero attached hydrogens (tertiary/aromatic N) is 2. The standard InChI is InChI=1S/C30H34Br4N4O3.2C2HF3O2/c31-19-9-17(10-20(32)13-19)15-30(16-18-11-21(33)14-22(34)12-18)27(39)37(25-5-1-23(35)2-6-25)29(41)38(28(30)40)26-7-3-24(36)4-8-26;2*3-2(4,5)1(6)7/h9-14,23-26H,1-8,15-16,35-36H2;2*(H,6,7).